The number of carbonyl (C=O) groups is 4. The summed E-state index contributed by atoms with van der Waals surface area (Å²) in [6.07, 6.45) is -0.953. The predicted octanol–water partition coefficient (Wildman–Crippen LogP) is 3.69. The number of hydrogen-bond donors (Lipinski definition) is 2. The van der Waals surface area contributed by atoms with Crippen molar-refractivity contribution < 1.29 is 33.4 Å². The average Bonchev–Trinajstić information content (AvgIpc) is 2.82. The standard InChI is InChI=1S/C24H24ClFN2O6/c1-24(22(32)27-18(12-21(30)31)20(29)13-26)11-10-16-4-2-3-5-19(16)28(24)23(33)34-14-15-6-8-17(25)9-7-15/h2-9,18H,10-14H2,1H3,(H,27,32)(H,30,31)/t18?,24-/m1/s1. The summed E-state index contributed by atoms with van der Waals surface area (Å²) in [6, 6.07) is 12.2. The molecule has 10 heteroatoms. The minimum atomic E-state index is -1.56. The molecule has 34 heavy (non-hydrogen) atoms. The lowest BCUT2D eigenvalue weighted by Gasteiger charge is -2.43. The van der Waals surface area contributed by atoms with E-state index in [2.05, 4.69) is 5.32 Å². The van der Waals surface area contributed by atoms with Gasteiger partial charge in [0.05, 0.1) is 12.1 Å². The molecule has 3 rings (SSSR count). The van der Waals surface area contributed by atoms with Crippen LogP contribution in [0.2, 0.25) is 5.02 Å². The fourth-order valence-corrected chi connectivity index (χ4v) is 3.95. The SMILES string of the molecule is C[C@]1(C(=O)NC(CC(=O)O)C(=O)CF)CCc2ccccc2N1C(=O)OCc1ccc(Cl)cc1. The zero-order valence-corrected chi connectivity index (χ0v) is 19.2. The van der Waals surface area contributed by atoms with Gasteiger partial charge in [-0.2, -0.15) is 0 Å². The molecular weight excluding hydrogens is 467 g/mol. The van der Waals surface area contributed by atoms with Gasteiger partial charge in [0.2, 0.25) is 5.91 Å². The van der Waals surface area contributed by atoms with Gasteiger partial charge in [-0.1, -0.05) is 41.9 Å². The summed E-state index contributed by atoms with van der Waals surface area (Å²) >= 11 is 5.89. The molecule has 2 atom stereocenters. The van der Waals surface area contributed by atoms with Crippen LogP contribution in [0, 0.1) is 0 Å². The highest BCUT2D eigenvalue weighted by Crippen LogP contribution is 2.38. The smallest absolute Gasteiger partial charge is 0.415 e. The Labute approximate surface area is 200 Å². The van der Waals surface area contributed by atoms with Crippen molar-refractivity contribution in [2.75, 3.05) is 11.6 Å². The monoisotopic (exact) mass is 490 g/mol. The second kappa shape index (κ2) is 10.6. The van der Waals surface area contributed by atoms with Gasteiger partial charge >= 0.3 is 12.1 Å². The van der Waals surface area contributed by atoms with E-state index in [9.17, 15) is 23.6 Å². The van der Waals surface area contributed by atoms with Crippen LogP contribution in [0.1, 0.15) is 30.9 Å². The number of para-hydroxylation sites is 1. The number of nitrogens with zero attached hydrogens (tertiary/aromatic N) is 1. The Morgan fingerprint density at radius 1 is 1.18 bits per heavy atom. The Balaban J connectivity index is 1.89. The lowest BCUT2D eigenvalue weighted by molar-refractivity contribution is -0.140. The first-order chi connectivity index (χ1) is 16.2. The fourth-order valence-electron chi connectivity index (χ4n) is 3.83. The second-order valence-electron chi connectivity index (χ2n) is 8.14. The van der Waals surface area contributed by atoms with Crippen LogP contribution >= 0.6 is 11.6 Å². The maximum atomic E-state index is 13.3. The third kappa shape index (κ3) is 5.53. The number of alkyl halides is 1. The summed E-state index contributed by atoms with van der Waals surface area (Å²) in [4.78, 5) is 50.8. The van der Waals surface area contributed by atoms with E-state index in [1.807, 2.05) is 12.1 Å². The van der Waals surface area contributed by atoms with Gasteiger partial charge in [0.25, 0.3) is 0 Å². The fraction of sp³-hybridized carbons (Fsp3) is 0.333. The van der Waals surface area contributed by atoms with E-state index in [1.54, 1.807) is 36.4 Å². The van der Waals surface area contributed by atoms with Crippen LogP contribution in [0.3, 0.4) is 0 Å². The van der Waals surface area contributed by atoms with E-state index < -0.39 is 48.4 Å². The molecule has 1 heterocycles. The molecule has 1 aliphatic rings. The van der Waals surface area contributed by atoms with E-state index in [1.165, 1.54) is 11.8 Å². The van der Waals surface area contributed by atoms with Crippen LogP contribution in [-0.2, 0) is 32.1 Å². The first-order valence-electron chi connectivity index (χ1n) is 10.6. The van der Waals surface area contributed by atoms with E-state index in [0.29, 0.717) is 22.7 Å². The Kier molecular flexibility index (Phi) is 7.88. The van der Waals surface area contributed by atoms with E-state index in [0.717, 1.165) is 5.56 Å². The van der Waals surface area contributed by atoms with Crippen molar-refractivity contribution in [3.05, 3.63) is 64.7 Å². The number of benzene rings is 2. The number of amides is 2. The van der Waals surface area contributed by atoms with Crippen molar-refractivity contribution in [2.24, 2.45) is 0 Å². The van der Waals surface area contributed by atoms with Gasteiger partial charge < -0.3 is 15.2 Å². The molecule has 2 aromatic carbocycles. The predicted molar refractivity (Wildman–Crippen MR) is 122 cm³/mol. The molecule has 8 nitrogen and oxygen atoms in total. The number of nitrogens with one attached hydrogen (secondary N) is 1. The van der Waals surface area contributed by atoms with Crippen LogP contribution < -0.4 is 10.2 Å². The van der Waals surface area contributed by atoms with Crippen LogP contribution in [0.5, 0.6) is 0 Å². The number of halogens is 2. The summed E-state index contributed by atoms with van der Waals surface area (Å²) in [5, 5.41) is 11.9. The highest BCUT2D eigenvalue weighted by atomic mass is 35.5. The van der Waals surface area contributed by atoms with Gasteiger partial charge in [-0.3, -0.25) is 19.3 Å². The zero-order valence-electron chi connectivity index (χ0n) is 18.4. The van der Waals surface area contributed by atoms with Gasteiger partial charge in [0, 0.05) is 5.02 Å². The molecule has 180 valence electrons. The molecule has 0 spiro atoms. The molecule has 1 unspecified atom stereocenters. The lowest BCUT2D eigenvalue weighted by Crippen LogP contribution is -2.63. The first kappa shape index (κ1) is 25.2. The molecule has 0 radical (unpaired) electrons. The number of fused-ring (bicyclic) bond motifs is 1. The number of rotatable bonds is 8. The second-order valence-corrected chi connectivity index (χ2v) is 8.58. The maximum absolute atomic E-state index is 13.3. The quantitative estimate of drug-likeness (QED) is 0.583. The van der Waals surface area contributed by atoms with Crippen LogP contribution in [0.15, 0.2) is 48.5 Å². The van der Waals surface area contributed by atoms with Crippen molar-refractivity contribution >= 4 is 41.0 Å². The summed E-state index contributed by atoms with van der Waals surface area (Å²) in [6.45, 7) is -0.00145. The summed E-state index contributed by atoms with van der Waals surface area (Å²) in [5.74, 6) is -3.21. The largest absolute Gasteiger partial charge is 0.481 e. The van der Waals surface area contributed by atoms with Gasteiger partial charge in [0.15, 0.2) is 5.78 Å². The highest BCUT2D eigenvalue weighted by molar-refractivity contribution is 6.30. The molecule has 2 N–H and O–H groups in total. The molecule has 2 amide bonds. The number of hydrogen-bond acceptors (Lipinski definition) is 5. The van der Waals surface area contributed by atoms with E-state index >= 15 is 0 Å². The zero-order chi connectivity index (χ0) is 24.9. The van der Waals surface area contributed by atoms with E-state index in [4.69, 9.17) is 21.4 Å². The van der Waals surface area contributed by atoms with Gasteiger partial charge in [-0.15, -0.1) is 0 Å². The van der Waals surface area contributed by atoms with Gasteiger partial charge in [-0.05, 0) is 49.1 Å². The van der Waals surface area contributed by atoms with Crippen LogP contribution in [0.25, 0.3) is 0 Å². The van der Waals surface area contributed by atoms with Crippen molar-refractivity contribution in [1.29, 1.82) is 0 Å². The average molecular weight is 491 g/mol. The minimum absolute atomic E-state index is 0.0751. The number of carbonyl (C=O) groups excluding carboxylic acids is 3. The summed E-state index contributed by atoms with van der Waals surface area (Å²) in [7, 11) is 0. The van der Waals surface area contributed by atoms with E-state index in [-0.39, 0.29) is 13.0 Å². The van der Waals surface area contributed by atoms with Crippen LogP contribution in [0.4, 0.5) is 14.9 Å². The Morgan fingerprint density at radius 2 is 1.85 bits per heavy atom. The van der Waals surface area contributed by atoms with Gasteiger partial charge in [0.1, 0.15) is 24.9 Å². The number of aryl methyl sites for hydroxylation is 1. The molecule has 0 aromatic heterocycles. The molecule has 0 aliphatic carbocycles. The molecule has 1 aliphatic heterocycles. The van der Waals surface area contributed by atoms with Crippen molar-refractivity contribution in [3.8, 4) is 0 Å². The number of carboxylic acid groups (broad SMARTS) is 1. The molecule has 2 aromatic rings. The minimum Gasteiger partial charge on any atom is -0.481 e. The number of ether oxygens (including phenoxy) is 1. The Hall–Kier alpha value is -3.46. The first-order valence-corrected chi connectivity index (χ1v) is 10.9. The third-order valence-corrected chi connectivity index (χ3v) is 6.01. The Morgan fingerprint density at radius 3 is 2.50 bits per heavy atom. The van der Waals surface area contributed by atoms with Crippen molar-refractivity contribution in [3.63, 3.8) is 0 Å². The highest BCUT2D eigenvalue weighted by Gasteiger charge is 2.48. The van der Waals surface area contributed by atoms with Crippen LogP contribution in [-0.4, -0.2) is 47.1 Å². The molecule has 0 bridgehead atoms. The topological polar surface area (TPSA) is 113 Å². The summed E-state index contributed by atoms with van der Waals surface area (Å²) in [5.41, 5.74) is 0.445. The molecular formula is C24H24ClFN2O6. The summed E-state index contributed by atoms with van der Waals surface area (Å²) < 4.78 is 18.5. The number of anilines is 1. The Bertz CT molecular complexity index is 1090. The van der Waals surface area contributed by atoms with Crippen molar-refractivity contribution in [1.82, 2.24) is 5.32 Å². The third-order valence-electron chi connectivity index (χ3n) is 5.76. The number of ketones is 1. The maximum Gasteiger partial charge on any atom is 0.415 e. The number of aliphatic carboxylic acids is 1. The number of Topliss-reactive ketones (excluding diaryl/α,β-unsaturated/α-hetero) is 1. The van der Waals surface area contributed by atoms with Gasteiger partial charge in [-0.25, -0.2) is 9.18 Å². The molecule has 0 fully saturated rings. The normalized spacial score (nSPS) is 17.9. The lowest BCUT2D eigenvalue weighted by atomic mass is 9.84. The molecule has 0 saturated carbocycles. The van der Waals surface area contributed by atoms with Crippen molar-refractivity contribution in [2.45, 2.75) is 44.4 Å². The number of carboxylic acids is 1. The molecule has 0 saturated heterocycles.